The Balaban J connectivity index is 1.66. The number of benzene rings is 2. The molecule has 0 N–H and O–H groups in total. The van der Waals surface area contributed by atoms with Gasteiger partial charge in [-0.25, -0.2) is 0 Å². The molecule has 0 unspecified atom stereocenters. The van der Waals surface area contributed by atoms with Crippen molar-refractivity contribution in [1.29, 1.82) is 5.26 Å². The van der Waals surface area contributed by atoms with E-state index in [0.29, 0.717) is 13.1 Å². The summed E-state index contributed by atoms with van der Waals surface area (Å²) >= 11 is 8.21. The SMILES string of the molecule is N#CCc1ccc(N2CN(Cl)c3cnc4ccc(-c5ccsc5)cc4c32)cc1. The molecule has 0 spiro atoms. The van der Waals surface area contributed by atoms with E-state index in [1.807, 2.05) is 30.5 Å². The number of hydrogen-bond donors (Lipinski definition) is 0. The molecule has 4 nitrogen and oxygen atoms in total. The minimum absolute atomic E-state index is 0.412. The average Bonchev–Trinajstić information content (AvgIpc) is 3.37. The first-order valence-electron chi connectivity index (χ1n) is 8.86. The van der Waals surface area contributed by atoms with Crippen LogP contribution in [0.3, 0.4) is 0 Å². The third-order valence-electron chi connectivity index (χ3n) is 5.00. The molecular weight excluding hydrogens is 388 g/mol. The zero-order valence-corrected chi connectivity index (χ0v) is 16.4. The minimum Gasteiger partial charge on any atom is -0.319 e. The second-order valence-electron chi connectivity index (χ2n) is 6.67. The van der Waals surface area contributed by atoms with E-state index in [0.717, 1.165) is 33.5 Å². The van der Waals surface area contributed by atoms with Crippen LogP contribution in [-0.4, -0.2) is 11.7 Å². The third-order valence-corrected chi connectivity index (χ3v) is 5.98. The van der Waals surface area contributed by atoms with Gasteiger partial charge < -0.3 is 4.90 Å². The highest BCUT2D eigenvalue weighted by atomic mass is 35.5. The molecule has 6 heteroatoms. The molecule has 0 saturated carbocycles. The fraction of sp³-hybridized carbons (Fsp3) is 0.0909. The van der Waals surface area contributed by atoms with E-state index in [9.17, 15) is 0 Å². The van der Waals surface area contributed by atoms with Crippen molar-refractivity contribution in [3.05, 3.63) is 71.1 Å². The number of pyridine rings is 1. The molecule has 136 valence electrons. The van der Waals surface area contributed by atoms with Crippen molar-refractivity contribution in [2.24, 2.45) is 0 Å². The van der Waals surface area contributed by atoms with Gasteiger partial charge in [-0.3, -0.25) is 9.40 Å². The fourth-order valence-corrected chi connectivity index (χ4v) is 4.50. The molecule has 0 bridgehead atoms. The zero-order chi connectivity index (χ0) is 19.1. The quantitative estimate of drug-likeness (QED) is 0.388. The van der Waals surface area contributed by atoms with Gasteiger partial charge in [0.15, 0.2) is 0 Å². The van der Waals surface area contributed by atoms with Gasteiger partial charge in [0.05, 0.1) is 35.6 Å². The first-order chi connectivity index (χ1) is 13.7. The van der Waals surface area contributed by atoms with Crippen molar-refractivity contribution in [2.75, 3.05) is 16.0 Å². The number of thiophene rings is 1. The van der Waals surface area contributed by atoms with Crippen LogP contribution in [-0.2, 0) is 6.42 Å². The van der Waals surface area contributed by atoms with Crippen LogP contribution in [0.15, 0.2) is 65.5 Å². The van der Waals surface area contributed by atoms with E-state index < -0.39 is 0 Å². The predicted molar refractivity (Wildman–Crippen MR) is 116 cm³/mol. The molecule has 0 atom stereocenters. The van der Waals surface area contributed by atoms with Crippen LogP contribution in [0, 0.1) is 11.3 Å². The highest BCUT2D eigenvalue weighted by Gasteiger charge is 2.29. The van der Waals surface area contributed by atoms with Crippen molar-refractivity contribution in [3.63, 3.8) is 0 Å². The largest absolute Gasteiger partial charge is 0.319 e. The molecule has 2 aromatic carbocycles. The van der Waals surface area contributed by atoms with Gasteiger partial charge in [-0.1, -0.05) is 18.2 Å². The summed E-state index contributed by atoms with van der Waals surface area (Å²) in [4.78, 5) is 6.80. The van der Waals surface area contributed by atoms with E-state index in [1.165, 1.54) is 11.1 Å². The molecule has 0 fully saturated rings. The minimum atomic E-state index is 0.412. The van der Waals surface area contributed by atoms with Crippen molar-refractivity contribution in [2.45, 2.75) is 6.42 Å². The highest BCUT2D eigenvalue weighted by Crippen LogP contribution is 2.46. The summed E-state index contributed by atoms with van der Waals surface area (Å²) in [6.07, 6.45) is 2.24. The smallest absolute Gasteiger partial charge is 0.111 e. The first-order valence-corrected chi connectivity index (χ1v) is 10.1. The second-order valence-corrected chi connectivity index (χ2v) is 7.86. The maximum absolute atomic E-state index is 8.90. The molecule has 4 aromatic rings. The Hall–Kier alpha value is -3.07. The van der Waals surface area contributed by atoms with Crippen LogP contribution in [0.2, 0.25) is 0 Å². The van der Waals surface area contributed by atoms with Gasteiger partial charge >= 0.3 is 0 Å². The van der Waals surface area contributed by atoms with Gasteiger partial charge in [0.1, 0.15) is 6.67 Å². The molecule has 3 heterocycles. The zero-order valence-electron chi connectivity index (χ0n) is 14.8. The number of fused-ring (bicyclic) bond motifs is 3. The lowest BCUT2D eigenvalue weighted by atomic mass is 10.0. The topological polar surface area (TPSA) is 43.2 Å². The summed E-state index contributed by atoms with van der Waals surface area (Å²) in [5.41, 5.74) is 7.32. The standard InChI is InChI=1S/C22H15ClN4S/c23-27-14-26(18-4-1-15(2-5-18)7-9-24)22-19-11-16(17-8-10-28-13-17)3-6-20(19)25-12-21(22)27/h1-6,8,10-13H,7,14H2. The van der Waals surface area contributed by atoms with Crippen molar-refractivity contribution < 1.29 is 0 Å². The molecule has 28 heavy (non-hydrogen) atoms. The lowest BCUT2D eigenvalue weighted by molar-refractivity contribution is 1.04. The van der Waals surface area contributed by atoms with Gasteiger partial charge in [-0.05, 0) is 57.8 Å². The van der Waals surface area contributed by atoms with E-state index in [-0.39, 0.29) is 0 Å². The summed E-state index contributed by atoms with van der Waals surface area (Å²) in [7, 11) is 0. The van der Waals surface area contributed by atoms with E-state index >= 15 is 0 Å². The Labute approximate surface area is 172 Å². The predicted octanol–water partition coefficient (Wildman–Crippen LogP) is 6.10. The van der Waals surface area contributed by atoms with Crippen LogP contribution in [0.4, 0.5) is 17.1 Å². The number of hydrogen-bond acceptors (Lipinski definition) is 5. The summed E-state index contributed by atoms with van der Waals surface area (Å²) in [6.45, 7) is 0.540. The molecule has 0 aliphatic carbocycles. The number of nitriles is 1. The van der Waals surface area contributed by atoms with Gasteiger partial charge in [0.2, 0.25) is 0 Å². The summed E-state index contributed by atoms with van der Waals surface area (Å²) in [5.74, 6) is 0. The number of halogens is 1. The molecule has 2 aromatic heterocycles. The third kappa shape index (κ3) is 2.78. The van der Waals surface area contributed by atoms with Crippen LogP contribution < -0.4 is 9.32 Å². The van der Waals surface area contributed by atoms with Crippen LogP contribution in [0.1, 0.15) is 5.56 Å². The van der Waals surface area contributed by atoms with E-state index in [1.54, 1.807) is 15.8 Å². The first kappa shape index (κ1) is 17.1. The van der Waals surface area contributed by atoms with Crippen molar-refractivity contribution >= 4 is 51.1 Å². The molecule has 1 aliphatic rings. The summed E-state index contributed by atoms with van der Waals surface area (Å²) < 4.78 is 1.70. The Morgan fingerprint density at radius 1 is 1.11 bits per heavy atom. The molecule has 5 rings (SSSR count). The van der Waals surface area contributed by atoms with Crippen LogP contribution in [0.25, 0.3) is 22.0 Å². The fourth-order valence-electron chi connectivity index (χ4n) is 3.60. The highest BCUT2D eigenvalue weighted by molar-refractivity contribution is 7.08. The van der Waals surface area contributed by atoms with Crippen LogP contribution in [0.5, 0.6) is 0 Å². The van der Waals surface area contributed by atoms with Gasteiger partial charge in [0, 0.05) is 22.9 Å². The van der Waals surface area contributed by atoms with Crippen molar-refractivity contribution in [3.8, 4) is 17.2 Å². The number of rotatable bonds is 3. The van der Waals surface area contributed by atoms with E-state index in [2.05, 4.69) is 51.0 Å². The Morgan fingerprint density at radius 2 is 1.96 bits per heavy atom. The van der Waals surface area contributed by atoms with Crippen molar-refractivity contribution in [1.82, 2.24) is 4.98 Å². The summed E-state index contributed by atoms with van der Waals surface area (Å²) in [6, 6.07) is 18.8. The van der Waals surface area contributed by atoms with Gasteiger partial charge in [-0.15, -0.1) is 0 Å². The van der Waals surface area contributed by atoms with E-state index in [4.69, 9.17) is 17.0 Å². The molecular formula is C22H15ClN4S. The monoisotopic (exact) mass is 402 g/mol. The molecule has 0 amide bonds. The Kier molecular flexibility index (Phi) is 4.16. The molecule has 1 aliphatic heterocycles. The summed E-state index contributed by atoms with van der Waals surface area (Å²) in [5, 5.41) is 14.2. The maximum Gasteiger partial charge on any atom is 0.111 e. The molecule has 0 saturated heterocycles. The van der Waals surface area contributed by atoms with Gasteiger partial charge in [0.25, 0.3) is 0 Å². The second kappa shape index (κ2) is 6.83. The Bertz CT molecular complexity index is 1200. The normalized spacial score (nSPS) is 13.0. The maximum atomic E-state index is 8.90. The number of anilines is 3. The lowest BCUT2D eigenvalue weighted by Gasteiger charge is -2.20. The van der Waals surface area contributed by atoms with Gasteiger partial charge in [-0.2, -0.15) is 16.6 Å². The lowest BCUT2D eigenvalue weighted by Crippen LogP contribution is -2.20. The Morgan fingerprint density at radius 3 is 2.71 bits per heavy atom. The number of nitrogens with zero attached hydrogens (tertiary/aromatic N) is 4. The number of aromatic nitrogens is 1. The van der Waals surface area contributed by atoms with Crippen LogP contribution >= 0.6 is 23.1 Å². The average molecular weight is 403 g/mol. The molecule has 0 radical (unpaired) electrons.